The predicted octanol–water partition coefficient (Wildman–Crippen LogP) is 1.07. The van der Waals surface area contributed by atoms with E-state index in [1.54, 1.807) is 24.3 Å². The molecule has 0 N–H and O–H groups in total. The van der Waals surface area contributed by atoms with Gasteiger partial charge in [-0.05, 0) is 12.1 Å². The van der Waals surface area contributed by atoms with Gasteiger partial charge in [-0.2, -0.15) is 0 Å². The van der Waals surface area contributed by atoms with Crippen molar-refractivity contribution in [1.29, 1.82) is 0 Å². The normalized spacial score (nSPS) is 7.60. The first-order valence-corrected chi connectivity index (χ1v) is 2.59. The van der Waals surface area contributed by atoms with Crippen molar-refractivity contribution in [2.45, 2.75) is 0 Å². The molecule has 0 saturated carbocycles. The molecule has 0 fully saturated rings. The summed E-state index contributed by atoms with van der Waals surface area (Å²) in [6.07, 6.45) is 0. The van der Waals surface area contributed by atoms with Gasteiger partial charge in [0.1, 0.15) is 5.75 Å². The second-order valence-corrected chi connectivity index (χ2v) is 1.53. The van der Waals surface area contributed by atoms with E-state index in [0.717, 1.165) is 0 Å². The fraction of sp³-hybridized carbons (Fsp3) is 0. The third kappa shape index (κ3) is 3.43. The molecule has 1 rings (SSSR count). The van der Waals surface area contributed by atoms with Crippen LogP contribution >= 0.6 is 0 Å². The molecule has 0 unspecified atom stereocenters. The van der Waals surface area contributed by atoms with Crippen LogP contribution in [0.2, 0.25) is 0 Å². The third-order valence-electron chi connectivity index (χ3n) is 0.927. The van der Waals surface area contributed by atoms with Crippen molar-refractivity contribution < 1.29 is 12.4 Å². The van der Waals surface area contributed by atoms with E-state index in [4.69, 9.17) is 0 Å². The molecule has 0 atom stereocenters. The van der Waals surface area contributed by atoms with Crippen LogP contribution in [-0.4, -0.2) is 55.4 Å². The maximum atomic E-state index is 9.75. The zero-order valence-corrected chi connectivity index (χ0v) is 9.93. The van der Waals surface area contributed by atoms with E-state index in [2.05, 4.69) is 4.74 Å². The minimum absolute atomic E-state index is 0. The number of rotatable bonds is 2. The summed E-state index contributed by atoms with van der Waals surface area (Å²) in [6.45, 7) is 0.412. The van der Waals surface area contributed by atoms with Gasteiger partial charge in [0.2, 0.25) is 0 Å². The van der Waals surface area contributed by atoms with Crippen LogP contribution in [-0.2, 0) is 4.79 Å². The Hall–Kier alpha value is 0.261. The SMILES string of the molecule is O=COc1ccccc1.[Ba+2].[H-].[H-]. The maximum Gasteiger partial charge on any atom is 2.00 e. The van der Waals surface area contributed by atoms with Crippen molar-refractivity contribution in [2.24, 2.45) is 0 Å². The van der Waals surface area contributed by atoms with Gasteiger partial charge in [-0.1, -0.05) is 18.2 Å². The fourth-order valence-corrected chi connectivity index (χ4v) is 0.555. The van der Waals surface area contributed by atoms with Gasteiger partial charge < -0.3 is 7.59 Å². The van der Waals surface area contributed by atoms with E-state index < -0.39 is 0 Å². The molecule has 1 aromatic carbocycles. The standard InChI is InChI=1S/C7H6O2.Ba.2H/c8-6-9-7-4-2-1-3-5-7;;;/h1-6H;;;/q;+2;2*-1. The van der Waals surface area contributed by atoms with Gasteiger partial charge in [0, 0.05) is 0 Å². The molecule has 0 aliphatic rings. The Morgan fingerprint density at radius 1 is 1.30 bits per heavy atom. The molecular formula is C7H8BaO2. The summed E-state index contributed by atoms with van der Waals surface area (Å²) >= 11 is 0. The van der Waals surface area contributed by atoms with Gasteiger partial charge in [0.05, 0.1) is 0 Å². The quantitative estimate of drug-likeness (QED) is 0.588. The van der Waals surface area contributed by atoms with E-state index in [9.17, 15) is 4.79 Å². The van der Waals surface area contributed by atoms with Crippen LogP contribution in [0.5, 0.6) is 5.75 Å². The molecule has 50 valence electrons. The van der Waals surface area contributed by atoms with Gasteiger partial charge in [0.15, 0.2) is 0 Å². The van der Waals surface area contributed by atoms with E-state index >= 15 is 0 Å². The smallest absolute Gasteiger partial charge is 1.00 e. The Morgan fingerprint density at radius 2 is 1.90 bits per heavy atom. The minimum Gasteiger partial charge on any atom is -1.00 e. The minimum atomic E-state index is 0. The molecule has 2 nitrogen and oxygen atoms in total. The number of carbonyl (C=O) groups is 1. The van der Waals surface area contributed by atoms with Gasteiger partial charge in [-0.15, -0.1) is 0 Å². The number of para-hydroxylation sites is 1. The molecule has 0 amide bonds. The second-order valence-electron chi connectivity index (χ2n) is 1.53. The zero-order chi connectivity index (χ0) is 6.53. The second kappa shape index (κ2) is 6.00. The van der Waals surface area contributed by atoms with Crippen molar-refractivity contribution in [1.82, 2.24) is 0 Å². The van der Waals surface area contributed by atoms with Crippen LogP contribution in [0.1, 0.15) is 2.85 Å². The van der Waals surface area contributed by atoms with Crippen LogP contribution in [0.15, 0.2) is 30.3 Å². The fourth-order valence-electron chi connectivity index (χ4n) is 0.555. The van der Waals surface area contributed by atoms with Crippen LogP contribution in [0.3, 0.4) is 0 Å². The number of hydrogen-bond acceptors (Lipinski definition) is 2. The molecule has 0 bridgehead atoms. The summed E-state index contributed by atoms with van der Waals surface area (Å²) in [5.74, 6) is 0.576. The molecule has 3 heteroatoms. The Kier molecular flexibility index (Phi) is 6.16. The Bertz CT molecular complexity index is 194. The summed E-state index contributed by atoms with van der Waals surface area (Å²) in [6, 6.07) is 8.90. The van der Waals surface area contributed by atoms with Gasteiger partial charge in [-0.25, -0.2) is 0 Å². The number of benzene rings is 1. The van der Waals surface area contributed by atoms with E-state index in [1.807, 2.05) is 6.07 Å². The van der Waals surface area contributed by atoms with Crippen molar-refractivity contribution >= 4 is 55.4 Å². The molecule has 0 saturated heterocycles. The number of hydrogen-bond donors (Lipinski definition) is 0. The molecular weight excluding hydrogens is 253 g/mol. The molecule has 0 aromatic heterocycles. The first-order valence-electron chi connectivity index (χ1n) is 2.59. The van der Waals surface area contributed by atoms with E-state index in [1.165, 1.54) is 0 Å². The van der Waals surface area contributed by atoms with E-state index in [-0.39, 0.29) is 51.7 Å². The molecule has 0 spiro atoms. The predicted molar refractivity (Wildman–Crippen MR) is 41.1 cm³/mol. The molecule has 0 radical (unpaired) electrons. The van der Waals surface area contributed by atoms with Crippen LogP contribution in [0, 0.1) is 0 Å². The molecule has 1 aromatic rings. The van der Waals surface area contributed by atoms with Crippen LogP contribution in [0.25, 0.3) is 0 Å². The third-order valence-corrected chi connectivity index (χ3v) is 0.927. The van der Waals surface area contributed by atoms with Crippen LogP contribution < -0.4 is 4.74 Å². The van der Waals surface area contributed by atoms with Crippen molar-refractivity contribution in [3.8, 4) is 5.75 Å². The van der Waals surface area contributed by atoms with Crippen LogP contribution in [0.4, 0.5) is 0 Å². The van der Waals surface area contributed by atoms with Gasteiger partial charge in [-0.3, -0.25) is 4.79 Å². The Balaban J connectivity index is -0.000000270. The molecule has 0 aliphatic carbocycles. The first kappa shape index (κ1) is 10.3. The summed E-state index contributed by atoms with van der Waals surface area (Å²) < 4.78 is 4.53. The summed E-state index contributed by atoms with van der Waals surface area (Å²) in [7, 11) is 0. The summed E-state index contributed by atoms with van der Waals surface area (Å²) in [5.41, 5.74) is 0. The average Bonchev–Trinajstić information content (AvgIpc) is 1.91. The van der Waals surface area contributed by atoms with Gasteiger partial charge in [0.25, 0.3) is 6.47 Å². The number of ether oxygens (including phenoxy) is 1. The van der Waals surface area contributed by atoms with Crippen molar-refractivity contribution in [3.63, 3.8) is 0 Å². The number of carbonyl (C=O) groups excluding carboxylic acids is 1. The maximum absolute atomic E-state index is 9.75. The van der Waals surface area contributed by atoms with Crippen molar-refractivity contribution in [3.05, 3.63) is 30.3 Å². The van der Waals surface area contributed by atoms with Gasteiger partial charge >= 0.3 is 48.9 Å². The molecule has 10 heavy (non-hydrogen) atoms. The summed E-state index contributed by atoms with van der Waals surface area (Å²) in [5, 5.41) is 0. The monoisotopic (exact) mass is 262 g/mol. The Morgan fingerprint density at radius 3 is 2.40 bits per heavy atom. The topological polar surface area (TPSA) is 26.3 Å². The molecule has 0 aliphatic heterocycles. The van der Waals surface area contributed by atoms with Crippen molar-refractivity contribution in [2.75, 3.05) is 0 Å². The van der Waals surface area contributed by atoms with E-state index in [0.29, 0.717) is 12.2 Å². The Labute approximate surface area is 103 Å². The first-order chi connectivity index (χ1) is 4.43. The largest absolute Gasteiger partial charge is 2.00 e. The summed E-state index contributed by atoms with van der Waals surface area (Å²) in [4.78, 5) is 9.75. The zero-order valence-electron chi connectivity index (χ0n) is 7.49. The average molecular weight is 261 g/mol. The molecule has 0 heterocycles.